The van der Waals surface area contributed by atoms with Gasteiger partial charge >= 0.3 is 0 Å². The summed E-state index contributed by atoms with van der Waals surface area (Å²) in [6.07, 6.45) is 8.91. The minimum atomic E-state index is 0. The molecule has 108 valence electrons. The molecule has 3 N–H and O–H groups in total. The Kier molecular flexibility index (Phi) is 9.47. The third kappa shape index (κ3) is 6.60. The highest BCUT2D eigenvalue weighted by atomic mass is 35.5. The summed E-state index contributed by atoms with van der Waals surface area (Å²) in [6, 6.07) is 0.558. The Balaban J connectivity index is 0.00000289. The number of unbranched alkanes of at least 4 members (excludes halogenated alkanes) is 1. The average Bonchev–Trinajstić information content (AvgIpc) is 2.71. The van der Waals surface area contributed by atoms with E-state index >= 15 is 0 Å². The van der Waals surface area contributed by atoms with Crippen LogP contribution in [0.5, 0.6) is 0 Å². The SMILES string of the molecule is CCCCC1CCCC1NC(=O)CCC(C)N.Cl. The molecule has 0 saturated heterocycles. The van der Waals surface area contributed by atoms with E-state index in [1.807, 2.05) is 6.92 Å². The highest BCUT2D eigenvalue weighted by Gasteiger charge is 2.27. The van der Waals surface area contributed by atoms with Gasteiger partial charge in [-0.1, -0.05) is 26.2 Å². The zero-order valence-corrected chi connectivity index (χ0v) is 12.6. The molecule has 1 amide bonds. The first kappa shape index (κ1) is 17.7. The largest absolute Gasteiger partial charge is 0.353 e. The number of nitrogens with two attached hydrogens (primary N) is 1. The Morgan fingerprint density at radius 2 is 2.17 bits per heavy atom. The molecule has 4 heteroatoms. The van der Waals surface area contributed by atoms with Crippen LogP contribution >= 0.6 is 12.4 Å². The molecule has 0 heterocycles. The molecule has 1 aliphatic carbocycles. The van der Waals surface area contributed by atoms with E-state index in [0.717, 1.165) is 12.8 Å². The van der Waals surface area contributed by atoms with Crippen molar-refractivity contribution in [1.82, 2.24) is 5.32 Å². The Hall–Kier alpha value is -0.280. The van der Waals surface area contributed by atoms with Crippen molar-refractivity contribution in [3.05, 3.63) is 0 Å². The molecule has 1 rings (SSSR count). The van der Waals surface area contributed by atoms with Crippen molar-refractivity contribution in [1.29, 1.82) is 0 Å². The molecule has 1 aliphatic rings. The standard InChI is InChI=1S/C14H28N2O.ClH/c1-3-4-6-12-7-5-8-13(12)16-14(17)10-9-11(2)15;/h11-13H,3-10,15H2,1-2H3,(H,16,17);1H. The number of halogens is 1. The number of carbonyl (C=O) groups is 1. The molecule has 18 heavy (non-hydrogen) atoms. The summed E-state index contributed by atoms with van der Waals surface area (Å²) in [4.78, 5) is 11.8. The molecule has 3 nitrogen and oxygen atoms in total. The fourth-order valence-electron chi connectivity index (χ4n) is 2.68. The van der Waals surface area contributed by atoms with Crippen LogP contribution in [0.3, 0.4) is 0 Å². The lowest BCUT2D eigenvalue weighted by Gasteiger charge is -2.21. The van der Waals surface area contributed by atoms with Crippen molar-refractivity contribution in [2.75, 3.05) is 0 Å². The van der Waals surface area contributed by atoms with Gasteiger partial charge < -0.3 is 11.1 Å². The maximum absolute atomic E-state index is 11.8. The van der Waals surface area contributed by atoms with Crippen LogP contribution in [0.15, 0.2) is 0 Å². The first-order valence-corrected chi connectivity index (χ1v) is 7.18. The summed E-state index contributed by atoms with van der Waals surface area (Å²) in [7, 11) is 0. The van der Waals surface area contributed by atoms with E-state index in [9.17, 15) is 4.79 Å². The molecule has 0 aromatic rings. The second-order valence-corrected chi connectivity index (χ2v) is 5.52. The van der Waals surface area contributed by atoms with Gasteiger partial charge in [-0.25, -0.2) is 0 Å². The molecular formula is C14H29ClN2O. The number of carbonyl (C=O) groups excluding carboxylic acids is 1. The number of nitrogens with one attached hydrogen (secondary N) is 1. The molecule has 0 radical (unpaired) electrons. The lowest BCUT2D eigenvalue weighted by atomic mass is 9.96. The molecule has 0 bridgehead atoms. The minimum absolute atomic E-state index is 0. The van der Waals surface area contributed by atoms with Crippen molar-refractivity contribution in [3.8, 4) is 0 Å². The summed E-state index contributed by atoms with van der Waals surface area (Å²) in [5.41, 5.74) is 5.66. The first-order valence-electron chi connectivity index (χ1n) is 7.18. The van der Waals surface area contributed by atoms with Crippen LogP contribution in [0.25, 0.3) is 0 Å². The van der Waals surface area contributed by atoms with Gasteiger partial charge in [-0.3, -0.25) is 4.79 Å². The molecule has 0 spiro atoms. The van der Waals surface area contributed by atoms with Crippen LogP contribution in [0.2, 0.25) is 0 Å². The van der Waals surface area contributed by atoms with E-state index in [2.05, 4.69) is 12.2 Å². The summed E-state index contributed by atoms with van der Waals surface area (Å²) in [5, 5.41) is 3.20. The van der Waals surface area contributed by atoms with Gasteiger partial charge in [0.2, 0.25) is 5.91 Å². The number of rotatable bonds is 7. The van der Waals surface area contributed by atoms with E-state index < -0.39 is 0 Å². The van der Waals surface area contributed by atoms with E-state index in [1.165, 1.54) is 32.1 Å². The van der Waals surface area contributed by atoms with Gasteiger partial charge in [-0.2, -0.15) is 0 Å². The van der Waals surface area contributed by atoms with E-state index in [4.69, 9.17) is 5.73 Å². The second kappa shape index (κ2) is 9.62. The van der Waals surface area contributed by atoms with Crippen molar-refractivity contribution < 1.29 is 4.79 Å². The Bertz CT molecular complexity index is 234. The normalized spacial score (nSPS) is 24.4. The average molecular weight is 277 g/mol. The monoisotopic (exact) mass is 276 g/mol. The van der Waals surface area contributed by atoms with Crippen molar-refractivity contribution >= 4 is 18.3 Å². The molecule has 0 aromatic heterocycles. The fourth-order valence-corrected chi connectivity index (χ4v) is 2.68. The quantitative estimate of drug-likeness (QED) is 0.751. The predicted octanol–water partition coefficient (Wildman–Crippen LogP) is 3.01. The first-order chi connectivity index (χ1) is 8.13. The molecule has 0 aliphatic heterocycles. The number of hydrogen-bond acceptors (Lipinski definition) is 2. The van der Waals surface area contributed by atoms with E-state index in [-0.39, 0.29) is 24.4 Å². The third-order valence-electron chi connectivity index (χ3n) is 3.76. The highest BCUT2D eigenvalue weighted by molar-refractivity contribution is 5.85. The Morgan fingerprint density at radius 3 is 2.78 bits per heavy atom. The van der Waals surface area contributed by atoms with Crippen LogP contribution in [0.1, 0.15) is 65.2 Å². The zero-order valence-electron chi connectivity index (χ0n) is 11.8. The van der Waals surface area contributed by atoms with Gasteiger partial charge in [0.05, 0.1) is 0 Å². The van der Waals surface area contributed by atoms with Gasteiger partial charge in [0.25, 0.3) is 0 Å². The molecule has 1 fully saturated rings. The number of hydrogen-bond donors (Lipinski definition) is 2. The smallest absolute Gasteiger partial charge is 0.220 e. The van der Waals surface area contributed by atoms with Crippen molar-refractivity contribution in [2.24, 2.45) is 11.7 Å². The van der Waals surface area contributed by atoms with Gasteiger partial charge in [0.1, 0.15) is 0 Å². The van der Waals surface area contributed by atoms with Crippen molar-refractivity contribution in [2.45, 2.75) is 77.3 Å². The molecule has 3 unspecified atom stereocenters. The fraction of sp³-hybridized carbons (Fsp3) is 0.929. The third-order valence-corrected chi connectivity index (χ3v) is 3.76. The second-order valence-electron chi connectivity index (χ2n) is 5.52. The van der Waals surface area contributed by atoms with Crippen LogP contribution in [0.4, 0.5) is 0 Å². The summed E-state index contributed by atoms with van der Waals surface area (Å²) in [5.74, 6) is 0.907. The van der Waals surface area contributed by atoms with Crippen molar-refractivity contribution in [3.63, 3.8) is 0 Å². The van der Waals surface area contributed by atoms with Crippen LogP contribution in [-0.4, -0.2) is 18.0 Å². The summed E-state index contributed by atoms with van der Waals surface area (Å²) in [6.45, 7) is 4.18. The van der Waals surface area contributed by atoms with E-state index in [0.29, 0.717) is 18.4 Å². The lowest BCUT2D eigenvalue weighted by molar-refractivity contribution is -0.122. The molecule has 0 aromatic carbocycles. The Morgan fingerprint density at radius 1 is 1.44 bits per heavy atom. The summed E-state index contributed by atoms with van der Waals surface area (Å²) < 4.78 is 0. The maximum atomic E-state index is 11.8. The van der Waals surface area contributed by atoms with Crippen LogP contribution in [-0.2, 0) is 4.79 Å². The highest BCUT2D eigenvalue weighted by Crippen LogP contribution is 2.29. The van der Waals surface area contributed by atoms with Gasteiger partial charge in [-0.05, 0) is 38.5 Å². The summed E-state index contributed by atoms with van der Waals surface area (Å²) >= 11 is 0. The predicted molar refractivity (Wildman–Crippen MR) is 78.9 cm³/mol. The molecule has 3 atom stereocenters. The van der Waals surface area contributed by atoms with Gasteiger partial charge in [0.15, 0.2) is 0 Å². The minimum Gasteiger partial charge on any atom is -0.353 e. The Labute approximate surface area is 118 Å². The van der Waals surface area contributed by atoms with Gasteiger partial charge in [-0.15, -0.1) is 12.4 Å². The topological polar surface area (TPSA) is 55.1 Å². The number of amides is 1. The molecule has 1 saturated carbocycles. The van der Waals surface area contributed by atoms with Gasteiger partial charge in [0, 0.05) is 18.5 Å². The maximum Gasteiger partial charge on any atom is 0.220 e. The molecular weight excluding hydrogens is 248 g/mol. The van der Waals surface area contributed by atoms with E-state index in [1.54, 1.807) is 0 Å². The van der Waals surface area contributed by atoms with Crippen LogP contribution in [0, 0.1) is 5.92 Å². The van der Waals surface area contributed by atoms with Crippen LogP contribution < -0.4 is 11.1 Å². The zero-order chi connectivity index (χ0) is 12.7. The lowest BCUT2D eigenvalue weighted by Crippen LogP contribution is -2.37.